The third-order valence-electron chi connectivity index (χ3n) is 5.83. The van der Waals surface area contributed by atoms with Gasteiger partial charge < -0.3 is 10.2 Å². The molecular formula is C23H23N5OS. The Morgan fingerprint density at radius 3 is 2.70 bits per heavy atom. The molecule has 0 spiro atoms. The summed E-state index contributed by atoms with van der Waals surface area (Å²) in [5.41, 5.74) is 2.09. The zero-order chi connectivity index (χ0) is 20.5. The largest absolute Gasteiger partial charge is 0.355 e. The smallest absolute Gasteiger partial charge is 0.223 e. The molecule has 1 aliphatic heterocycles. The fourth-order valence-corrected chi connectivity index (χ4v) is 5.25. The summed E-state index contributed by atoms with van der Waals surface area (Å²) < 4.78 is 1.08. The van der Waals surface area contributed by atoms with E-state index >= 15 is 0 Å². The van der Waals surface area contributed by atoms with Crippen LogP contribution in [0.5, 0.6) is 0 Å². The molecule has 7 heteroatoms. The van der Waals surface area contributed by atoms with E-state index in [0.717, 1.165) is 57.7 Å². The van der Waals surface area contributed by atoms with Gasteiger partial charge in [-0.05, 0) is 37.5 Å². The second-order valence-corrected chi connectivity index (χ2v) is 8.73. The third-order valence-corrected chi connectivity index (χ3v) is 6.93. The molecule has 1 amide bonds. The summed E-state index contributed by atoms with van der Waals surface area (Å²) in [6.07, 6.45) is 5.09. The summed E-state index contributed by atoms with van der Waals surface area (Å²) in [4.78, 5) is 29.6. The minimum atomic E-state index is 0.0178. The number of carbonyl (C=O) groups excluding carboxylic acids is 1. The molecule has 1 aliphatic rings. The molecular weight excluding hydrogens is 394 g/mol. The van der Waals surface area contributed by atoms with Crippen LogP contribution in [0.4, 0.5) is 5.82 Å². The van der Waals surface area contributed by atoms with Crippen molar-refractivity contribution in [3.63, 3.8) is 0 Å². The number of hydrogen-bond acceptors (Lipinski definition) is 6. The van der Waals surface area contributed by atoms with Crippen molar-refractivity contribution in [3.8, 4) is 0 Å². The second-order valence-electron chi connectivity index (χ2n) is 7.74. The average Bonchev–Trinajstić information content (AvgIpc) is 3.18. The van der Waals surface area contributed by atoms with Crippen molar-refractivity contribution < 1.29 is 4.79 Å². The molecule has 1 saturated heterocycles. The van der Waals surface area contributed by atoms with E-state index < -0.39 is 0 Å². The number of nitrogens with one attached hydrogen (secondary N) is 1. The van der Waals surface area contributed by atoms with Crippen LogP contribution in [0.1, 0.15) is 31.4 Å². The van der Waals surface area contributed by atoms with Gasteiger partial charge in [-0.3, -0.25) is 4.79 Å². The molecule has 4 aromatic rings. The zero-order valence-electron chi connectivity index (χ0n) is 16.8. The normalized spacial score (nSPS) is 16.1. The number of carbonyl (C=O) groups is 1. The first-order valence-corrected chi connectivity index (χ1v) is 11.1. The maximum atomic E-state index is 12.8. The van der Waals surface area contributed by atoms with Crippen molar-refractivity contribution in [2.75, 3.05) is 18.0 Å². The van der Waals surface area contributed by atoms with Crippen LogP contribution in [0.25, 0.3) is 20.4 Å². The van der Waals surface area contributed by atoms with E-state index in [1.54, 1.807) is 17.7 Å². The van der Waals surface area contributed by atoms with Crippen LogP contribution in [0.15, 0.2) is 55.0 Å². The Balaban J connectivity index is 1.29. The fraction of sp³-hybridized carbons (Fsp3) is 0.304. The molecule has 0 saturated carbocycles. The molecule has 1 fully saturated rings. The Morgan fingerprint density at radius 2 is 1.90 bits per heavy atom. The van der Waals surface area contributed by atoms with Crippen LogP contribution in [-0.2, 0) is 4.79 Å². The first-order valence-electron chi connectivity index (χ1n) is 10.3. The van der Waals surface area contributed by atoms with Crippen molar-refractivity contribution in [3.05, 3.63) is 60.6 Å². The fourth-order valence-electron chi connectivity index (χ4n) is 4.13. The van der Waals surface area contributed by atoms with Gasteiger partial charge in [-0.15, -0.1) is 11.3 Å². The molecule has 1 N–H and O–H groups in total. The number of rotatable bonds is 4. The molecule has 6 nitrogen and oxygen atoms in total. The topological polar surface area (TPSA) is 71.0 Å². The number of aromatic nitrogens is 3. The lowest BCUT2D eigenvalue weighted by Gasteiger charge is -2.32. The molecule has 1 atom stereocenters. The molecule has 0 aliphatic carbocycles. The molecule has 0 unspecified atom stereocenters. The predicted molar refractivity (Wildman–Crippen MR) is 121 cm³/mol. The van der Waals surface area contributed by atoms with E-state index in [1.165, 1.54) is 0 Å². The van der Waals surface area contributed by atoms with Crippen LogP contribution < -0.4 is 10.2 Å². The highest BCUT2D eigenvalue weighted by molar-refractivity contribution is 7.25. The van der Waals surface area contributed by atoms with E-state index in [-0.39, 0.29) is 17.9 Å². The molecule has 5 rings (SSSR count). The Labute approximate surface area is 179 Å². The van der Waals surface area contributed by atoms with Gasteiger partial charge in [-0.25, -0.2) is 15.0 Å². The maximum absolute atomic E-state index is 12.8. The van der Waals surface area contributed by atoms with Gasteiger partial charge in [0, 0.05) is 30.6 Å². The Hall–Kier alpha value is -3.06. The van der Waals surface area contributed by atoms with Gasteiger partial charge in [0.2, 0.25) is 5.91 Å². The highest BCUT2D eigenvalue weighted by atomic mass is 32.1. The number of piperidine rings is 1. The van der Waals surface area contributed by atoms with Crippen molar-refractivity contribution >= 4 is 43.5 Å². The van der Waals surface area contributed by atoms with Gasteiger partial charge in [0.05, 0.1) is 16.3 Å². The molecule has 0 radical (unpaired) electrons. The lowest BCUT2D eigenvalue weighted by Crippen LogP contribution is -2.41. The first-order chi connectivity index (χ1) is 14.7. The van der Waals surface area contributed by atoms with Crippen LogP contribution >= 0.6 is 11.3 Å². The lowest BCUT2D eigenvalue weighted by atomic mass is 9.95. The summed E-state index contributed by atoms with van der Waals surface area (Å²) in [6, 6.07) is 14.1. The second kappa shape index (κ2) is 7.99. The molecule has 152 valence electrons. The highest BCUT2D eigenvalue weighted by Gasteiger charge is 2.28. The number of anilines is 1. The summed E-state index contributed by atoms with van der Waals surface area (Å²) in [6.45, 7) is 3.66. The number of amides is 1. The van der Waals surface area contributed by atoms with Crippen molar-refractivity contribution in [2.24, 2.45) is 5.92 Å². The minimum absolute atomic E-state index is 0.0178. The quantitative estimate of drug-likeness (QED) is 0.535. The predicted octanol–water partition coefficient (Wildman–Crippen LogP) is 4.33. The Kier molecular flexibility index (Phi) is 5.04. The van der Waals surface area contributed by atoms with E-state index in [0.29, 0.717) is 0 Å². The monoisotopic (exact) mass is 417 g/mol. The maximum Gasteiger partial charge on any atom is 0.223 e. The summed E-state index contributed by atoms with van der Waals surface area (Å²) in [5, 5.41) is 4.25. The third kappa shape index (κ3) is 3.50. The van der Waals surface area contributed by atoms with Crippen LogP contribution in [0.2, 0.25) is 0 Å². The minimum Gasteiger partial charge on any atom is -0.355 e. The van der Waals surface area contributed by atoms with Gasteiger partial charge in [0.15, 0.2) is 0 Å². The number of nitrogens with zero attached hydrogens (tertiary/aromatic N) is 4. The Bertz CT molecular complexity index is 1180. The average molecular weight is 418 g/mol. The van der Waals surface area contributed by atoms with Crippen molar-refractivity contribution in [1.82, 2.24) is 20.3 Å². The van der Waals surface area contributed by atoms with E-state index in [2.05, 4.69) is 31.2 Å². The van der Waals surface area contributed by atoms with Gasteiger partial charge in [-0.2, -0.15) is 0 Å². The van der Waals surface area contributed by atoms with Gasteiger partial charge in [0.25, 0.3) is 0 Å². The van der Waals surface area contributed by atoms with E-state index in [4.69, 9.17) is 0 Å². The highest BCUT2D eigenvalue weighted by Crippen LogP contribution is 2.37. The molecule has 30 heavy (non-hydrogen) atoms. The number of hydrogen-bond donors (Lipinski definition) is 1. The summed E-state index contributed by atoms with van der Waals surface area (Å²) >= 11 is 1.64. The van der Waals surface area contributed by atoms with E-state index in [1.807, 2.05) is 49.5 Å². The Morgan fingerprint density at radius 1 is 1.10 bits per heavy atom. The summed E-state index contributed by atoms with van der Waals surface area (Å²) in [7, 11) is 0. The van der Waals surface area contributed by atoms with Gasteiger partial charge in [0.1, 0.15) is 17.0 Å². The van der Waals surface area contributed by atoms with E-state index in [9.17, 15) is 4.79 Å². The lowest BCUT2D eigenvalue weighted by molar-refractivity contribution is -0.126. The molecule has 1 aromatic carbocycles. The number of pyridine rings is 1. The molecule has 4 heterocycles. The van der Waals surface area contributed by atoms with Crippen molar-refractivity contribution in [2.45, 2.75) is 25.8 Å². The van der Waals surface area contributed by atoms with Gasteiger partial charge in [-0.1, -0.05) is 30.3 Å². The number of thiophene rings is 1. The van der Waals surface area contributed by atoms with Crippen LogP contribution in [0, 0.1) is 5.92 Å². The first kappa shape index (κ1) is 18.9. The SMILES string of the molecule is C[C@H](NC(=O)C1CCN(c2ncnc3c2sc2ncccc23)CC1)c1ccccc1. The molecule has 3 aromatic heterocycles. The standard InChI is InChI=1S/C23H23N5OS/c1-15(16-6-3-2-4-7-16)27-22(29)17-9-12-28(13-10-17)21-20-19(25-14-26-21)18-8-5-11-24-23(18)30-20/h2-8,11,14-15,17H,9-10,12-13H2,1H3,(H,27,29)/t15-/m0/s1. The zero-order valence-corrected chi connectivity index (χ0v) is 17.6. The number of benzene rings is 1. The molecule has 0 bridgehead atoms. The van der Waals surface area contributed by atoms with Crippen LogP contribution in [0.3, 0.4) is 0 Å². The number of fused-ring (bicyclic) bond motifs is 3. The van der Waals surface area contributed by atoms with Gasteiger partial charge >= 0.3 is 0 Å². The van der Waals surface area contributed by atoms with Crippen LogP contribution in [-0.4, -0.2) is 33.9 Å². The summed E-state index contributed by atoms with van der Waals surface area (Å²) in [5.74, 6) is 1.14. The van der Waals surface area contributed by atoms with Crippen molar-refractivity contribution in [1.29, 1.82) is 0 Å².